The Morgan fingerprint density at radius 2 is 2.00 bits per heavy atom. The minimum Gasteiger partial charge on any atom is -0.494 e. The zero-order valence-corrected chi connectivity index (χ0v) is 14.0. The Kier molecular flexibility index (Phi) is 7.58. The molecule has 0 atom stereocenters. The Morgan fingerprint density at radius 3 is 2.57 bits per heavy atom. The number of carbonyl (C=O) groups excluding carboxylic acids is 1. The van der Waals surface area contributed by atoms with E-state index in [1.54, 1.807) is 12.1 Å². The highest BCUT2D eigenvalue weighted by Gasteiger charge is 2.25. The number of rotatable bonds is 9. The zero-order chi connectivity index (χ0) is 15.7. The number of ether oxygens (including phenoxy) is 1. The van der Waals surface area contributed by atoms with Crippen LogP contribution >= 0.6 is 11.6 Å². The molecular formula is C17H26ClNO2. The average Bonchev–Trinajstić information content (AvgIpc) is 2.54. The van der Waals surface area contributed by atoms with Crippen molar-refractivity contribution >= 4 is 17.5 Å². The lowest BCUT2D eigenvalue weighted by molar-refractivity contribution is 0.0931. The van der Waals surface area contributed by atoms with Gasteiger partial charge in [-0.15, -0.1) is 11.6 Å². The summed E-state index contributed by atoms with van der Waals surface area (Å²) in [6.07, 6.45) is 2.85. The highest BCUT2D eigenvalue weighted by atomic mass is 35.5. The van der Waals surface area contributed by atoms with Gasteiger partial charge < -0.3 is 10.1 Å². The third-order valence-electron chi connectivity index (χ3n) is 3.98. The van der Waals surface area contributed by atoms with Crippen molar-refractivity contribution in [3.63, 3.8) is 0 Å². The molecule has 0 aliphatic heterocycles. The Hall–Kier alpha value is -1.22. The molecule has 1 aromatic carbocycles. The molecule has 0 spiro atoms. The van der Waals surface area contributed by atoms with Gasteiger partial charge in [-0.25, -0.2) is 0 Å². The van der Waals surface area contributed by atoms with Crippen LogP contribution in [0.3, 0.4) is 0 Å². The van der Waals surface area contributed by atoms with Gasteiger partial charge in [-0.05, 0) is 37.5 Å². The van der Waals surface area contributed by atoms with Crippen molar-refractivity contribution in [1.82, 2.24) is 5.32 Å². The number of hydrogen-bond donors (Lipinski definition) is 1. The monoisotopic (exact) mass is 311 g/mol. The Labute approximate surface area is 133 Å². The average molecular weight is 312 g/mol. The molecule has 21 heavy (non-hydrogen) atoms. The van der Waals surface area contributed by atoms with Crippen molar-refractivity contribution in [3.8, 4) is 5.75 Å². The molecule has 1 rings (SSSR count). The predicted octanol–water partition coefficient (Wildman–Crippen LogP) is 4.25. The van der Waals surface area contributed by atoms with Gasteiger partial charge in [0.15, 0.2) is 0 Å². The van der Waals surface area contributed by atoms with Crippen LogP contribution < -0.4 is 10.1 Å². The van der Waals surface area contributed by atoms with Crippen molar-refractivity contribution in [2.75, 3.05) is 19.0 Å². The van der Waals surface area contributed by atoms with Crippen molar-refractivity contribution in [3.05, 3.63) is 29.8 Å². The lowest BCUT2D eigenvalue weighted by Gasteiger charge is -2.29. The molecule has 0 fully saturated rings. The highest BCUT2D eigenvalue weighted by Crippen LogP contribution is 2.27. The number of benzene rings is 1. The number of alkyl halides is 1. The van der Waals surface area contributed by atoms with E-state index in [0.717, 1.165) is 25.0 Å². The van der Waals surface area contributed by atoms with Gasteiger partial charge in [0.1, 0.15) is 5.75 Å². The molecule has 1 amide bonds. The van der Waals surface area contributed by atoms with E-state index in [-0.39, 0.29) is 11.3 Å². The topological polar surface area (TPSA) is 38.3 Å². The molecule has 0 bridgehead atoms. The molecule has 1 N–H and O–H groups in total. The molecule has 1 aromatic rings. The number of amides is 1. The summed E-state index contributed by atoms with van der Waals surface area (Å²) in [7, 11) is 0. The molecule has 0 unspecified atom stereocenters. The van der Waals surface area contributed by atoms with Crippen LogP contribution in [-0.2, 0) is 0 Å². The fourth-order valence-corrected chi connectivity index (χ4v) is 2.53. The number of halogens is 1. The van der Waals surface area contributed by atoms with E-state index in [0.29, 0.717) is 24.6 Å². The van der Waals surface area contributed by atoms with Crippen LogP contribution in [0.15, 0.2) is 24.3 Å². The number of hydrogen-bond acceptors (Lipinski definition) is 2. The number of nitrogens with one attached hydrogen (secondary N) is 1. The summed E-state index contributed by atoms with van der Waals surface area (Å²) in [6.45, 7) is 7.53. The second-order valence-electron chi connectivity index (χ2n) is 5.40. The first-order chi connectivity index (χ1) is 10.1. The van der Waals surface area contributed by atoms with E-state index >= 15 is 0 Å². The molecule has 0 aliphatic carbocycles. The van der Waals surface area contributed by atoms with Gasteiger partial charge in [-0.2, -0.15) is 0 Å². The van der Waals surface area contributed by atoms with Gasteiger partial charge in [0, 0.05) is 23.4 Å². The summed E-state index contributed by atoms with van der Waals surface area (Å²) in [5, 5.41) is 3.00. The summed E-state index contributed by atoms with van der Waals surface area (Å²) >= 11 is 6.07. The van der Waals surface area contributed by atoms with E-state index in [9.17, 15) is 4.79 Å². The van der Waals surface area contributed by atoms with Crippen LogP contribution in [0.1, 0.15) is 50.4 Å². The Morgan fingerprint density at radius 1 is 1.29 bits per heavy atom. The minimum absolute atomic E-state index is 0.0203. The summed E-state index contributed by atoms with van der Waals surface area (Å²) in [6, 6.07) is 7.29. The van der Waals surface area contributed by atoms with E-state index in [4.69, 9.17) is 16.3 Å². The second kappa shape index (κ2) is 8.93. The molecule has 0 aromatic heterocycles. The minimum atomic E-state index is -0.0756. The zero-order valence-electron chi connectivity index (χ0n) is 13.2. The van der Waals surface area contributed by atoms with Gasteiger partial charge in [0.05, 0.1) is 6.61 Å². The Bertz CT molecular complexity index is 436. The van der Waals surface area contributed by atoms with Crippen molar-refractivity contribution in [2.24, 2.45) is 5.41 Å². The third-order valence-corrected chi connectivity index (χ3v) is 4.54. The quantitative estimate of drug-likeness (QED) is 0.692. The van der Waals surface area contributed by atoms with Crippen LogP contribution in [0.25, 0.3) is 0 Å². The number of carbonyl (C=O) groups is 1. The van der Waals surface area contributed by atoms with Crippen LogP contribution in [0.4, 0.5) is 0 Å². The predicted molar refractivity (Wildman–Crippen MR) is 88.3 cm³/mol. The van der Waals surface area contributed by atoms with E-state index < -0.39 is 0 Å². The maximum Gasteiger partial charge on any atom is 0.251 e. The van der Waals surface area contributed by atoms with Gasteiger partial charge in [-0.1, -0.05) is 26.8 Å². The smallest absolute Gasteiger partial charge is 0.251 e. The standard InChI is InChI=1S/C17H26ClNO2/c1-4-10-21-15-9-7-8-14(11-15)16(20)19-13-17(5-2,6-3)12-18/h7-9,11H,4-6,10,12-13H2,1-3H3,(H,19,20). The molecule has 0 heterocycles. The lowest BCUT2D eigenvalue weighted by Crippen LogP contribution is -2.38. The highest BCUT2D eigenvalue weighted by molar-refractivity contribution is 6.18. The maximum atomic E-state index is 12.3. The van der Waals surface area contributed by atoms with E-state index in [1.807, 2.05) is 12.1 Å². The molecular weight excluding hydrogens is 286 g/mol. The Balaban J connectivity index is 2.67. The van der Waals surface area contributed by atoms with Crippen molar-refractivity contribution in [2.45, 2.75) is 40.0 Å². The van der Waals surface area contributed by atoms with Crippen LogP contribution in [0.5, 0.6) is 5.75 Å². The molecule has 0 saturated heterocycles. The first-order valence-corrected chi connectivity index (χ1v) is 8.21. The van der Waals surface area contributed by atoms with Crippen LogP contribution in [0.2, 0.25) is 0 Å². The normalized spacial score (nSPS) is 11.2. The van der Waals surface area contributed by atoms with Crippen molar-refractivity contribution < 1.29 is 9.53 Å². The van der Waals surface area contributed by atoms with E-state index in [1.165, 1.54) is 0 Å². The van der Waals surface area contributed by atoms with Gasteiger partial charge in [-0.3, -0.25) is 4.79 Å². The molecule has 118 valence electrons. The summed E-state index contributed by atoms with van der Waals surface area (Å²) in [5.41, 5.74) is 0.604. The van der Waals surface area contributed by atoms with Gasteiger partial charge in [0.2, 0.25) is 0 Å². The fraction of sp³-hybridized carbons (Fsp3) is 0.588. The maximum absolute atomic E-state index is 12.3. The van der Waals surface area contributed by atoms with E-state index in [2.05, 4.69) is 26.1 Å². The summed E-state index contributed by atoms with van der Waals surface area (Å²) in [4.78, 5) is 12.3. The molecule has 0 aliphatic rings. The molecule has 3 nitrogen and oxygen atoms in total. The van der Waals surface area contributed by atoms with Gasteiger partial charge in [0.25, 0.3) is 5.91 Å². The molecule has 0 saturated carbocycles. The first-order valence-electron chi connectivity index (χ1n) is 7.67. The molecule has 0 radical (unpaired) electrons. The van der Waals surface area contributed by atoms with Crippen LogP contribution in [0, 0.1) is 5.41 Å². The largest absolute Gasteiger partial charge is 0.494 e. The van der Waals surface area contributed by atoms with Crippen LogP contribution in [-0.4, -0.2) is 24.9 Å². The second-order valence-corrected chi connectivity index (χ2v) is 5.67. The first kappa shape index (κ1) is 17.8. The summed E-state index contributed by atoms with van der Waals surface area (Å²) in [5.74, 6) is 1.22. The SMILES string of the molecule is CCCOc1cccc(C(=O)NCC(CC)(CC)CCl)c1. The van der Waals surface area contributed by atoms with Crippen molar-refractivity contribution in [1.29, 1.82) is 0 Å². The third kappa shape index (κ3) is 5.24. The molecule has 4 heteroatoms. The fourth-order valence-electron chi connectivity index (χ4n) is 2.05. The van der Waals surface area contributed by atoms with Gasteiger partial charge >= 0.3 is 0 Å². The lowest BCUT2D eigenvalue weighted by atomic mass is 9.84. The summed E-state index contributed by atoms with van der Waals surface area (Å²) < 4.78 is 5.55.